The first-order valence-corrected chi connectivity index (χ1v) is 8.00. The van der Waals surface area contributed by atoms with Gasteiger partial charge in [0.1, 0.15) is 5.75 Å². The number of halogens is 2. The molecule has 0 saturated carbocycles. The number of benzene rings is 1. The van der Waals surface area contributed by atoms with Crippen molar-refractivity contribution in [3.05, 3.63) is 24.3 Å². The largest absolute Gasteiger partial charge is 0.493 e. The first kappa shape index (κ1) is 15.2. The Labute approximate surface area is 117 Å². The summed E-state index contributed by atoms with van der Waals surface area (Å²) in [6.07, 6.45) is 2.08. The van der Waals surface area contributed by atoms with Gasteiger partial charge >= 0.3 is 5.76 Å². The molecule has 1 heterocycles. The Hall–Kier alpha value is -1.21. The van der Waals surface area contributed by atoms with E-state index in [4.69, 9.17) is 4.74 Å². The fraction of sp³-hybridized carbons (Fsp3) is 0.538. The summed E-state index contributed by atoms with van der Waals surface area (Å²) in [5.74, 6) is -2.43. The van der Waals surface area contributed by atoms with Crippen molar-refractivity contribution in [3.63, 3.8) is 0 Å². The number of piperidine rings is 1. The van der Waals surface area contributed by atoms with Gasteiger partial charge in [0.05, 0.1) is 11.5 Å². The molecule has 1 aromatic carbocycles. The van der Waals surface area contributed by atoms with Crippen molar-refractivity contribution in [2.24, 2.45) is 5.92 Å². The molecule has 0 aliphatic carbocycles. The summed E-state index contributed by atoms with van der Waals surface area (Å²) in [7, 11) is -4.53. The van der Waals surface area contributed by atoms with Crippen LogP contribution in [-0.4, -0.2) is 33.9 Å². The lowest BCUT2D eigenvalue weighted by Crippen LogP contribution is -2.30. The van der Waals surface area contributed by atoms with E-state index in [1.54, 1.807) is 0 Å². The highest BCUT2D eigenvalue weighted by molar-refractivity contribution is 7.91. The van der Waals surface area contributed by atoms with E-state index in [1.165, 1.54) is 12.1 Å². The molecule has 20 heavy (non-hydrogen) atoms. The van der Waals surface area contributed by atoms with Gasteiger partial charge in [-0.1, -0.05) is 0 Å². The Morgan fingerprint density at radius 2 is 1.80 bits per heavy atom. The number of nitrogens with one attached hydrogen (secondary N) is 1. The zero-order valence-corrected chi connectivity index (χ0v) is 11.7. The molecule has 4 nitrogen and oxygen atoms in total. The Balaban J connectivity index is 1.94. The Morgan fingerprint density at radius 1 is 1.20 bits per heavy atom. The highest BCUT2D eigenvalue weighted by Gasteiger charge is 2.26. The van der Waals surface area contributed by atoms with Gasteiger partial charge in [-0.05, 0) is 56.1 Å². The standard InChI is InChI=1S/C13H17F2NO3S/c14-13(15)20(17,18)12-3-1-11(2-4-12)19-9-10-5-7-16-8-6-10/h1-4,10,13,16H,5-9H2. The average Bonchev–Trinajstić information content (AvgIpc) is 2.46. The van der Waals surface area contributed by atoms with Crippen molar-refractivity contribution in [1.82, 2.24) is 5.32 Å². The third-order valence-corrected chi connectivity index (χ3v) is 4.73. The first-order valence-electron chi connectivity index (χ1n) is 6.46. The van der Waals surface area contributed by atoms with E-state index in [2.05, 4.69) is 5.32 Å². The summed E-state index contributed by atoms with van der Waals surface area (Å²) in [6.45, 7) is 2.50. The van der Waals surface area contributed by atoms with Crippen LogP contribution in [0.3, 0.4) is 0 Å². The number of alkyl halides is 2. The van der Waals surface area contributed by atoms with Crippen LogP contribution < -0.4 is 10.1 Å². The third kappa shape index (κ3) is 3.67. The summed E-state index contributed by atoms with van der Waals surface area (Å²) in [4.78, 5) is -0.387. The van der Waals surface area contributed by atoms with Gasteiger partial charge in [0.25, 0.3) is 0 Å². The Morgan fingerprint density at radius 3 is 2.35 bits per heavy atom. The molecule has 1 N–H and O–H groups in total. The molecule has 112 valence electrons. The van der Waals surface area contributed by atoms with Crippen LogP contribution in [0.5, 0.6) is 5.75 Å². The van der Waals surface area contributed by atoms with E-state index in [-0.39, 0.29) is 4.90 Å². The molecule has 0 amide bonds. The summed E-state index contributed by atoms with van der Waals surface area (Å²) in [5, 5.41) is 3.25. The van der Waals surface area contributed by atoms with Crippen LogP contribution in [0.1, 0.15) is 12.8 Å². The van der Waals surface area contributed by atoms with Gasteiger partial charge in [-0.25, -0.2) is 8.42 Å². The second-order valence-electron chi connectivity index (χ2n) is 4.78. The van der Waals surface area contributed by atoms with Crippen molar-refractivity contribution in [1.29, 1.82) is 0 Å². The van der Waals surface area contributed by atoms with E-state index in [0.717, 1.165) is 38.1 Å². The van der Waals surface area contributed by atoms with Crippen molar-refractivity contribution >= 4 is 9.84 Å². The lowest BCUT2D eigenvalue weighted by Gasteiger charge is -2.22. The number of sulfone groups is 1. The summed E-state index contributed by atoms with van der Waals surface area (Å²) in [5.41, 5.74) is 0. The zero-order valence-electron chi connectivity index (χ0n) is 10.9. The van der Waals surface area contributed by atoms with Crippen molar-refractivity contribution in [2.75, 3.05) is 19.7 Å². The molecule has 0 radical (unpaired) electrons. The van der Waals surface area contributed by atoms with Gasteiger partial charge in [0.2, 0.25) is 9.84 Å². The Bertz CT molecular complexity index is 525. The number of hydrogen-bond acceptors (Lipinski definition) is 4. The molecule has 0 unspecified atom stereocenters. The van der Waals surface area contributed by atoms with E-state index >= 15 is 0 Å². The summed E-state index contributed by atoms with van der Waals surface area (Å²) < 4.78 is 52.8. The van der Waals surface area contributed by atoms with Crippen molar-refractivity contribution in [3.8, 4) is 5.75 Å². The average molecular weight is 305 g/mol. The van der Waals surface area contributed by atoms with Gasteiger partial charge in [-0.2, -0.15) is 8.78 Å². The second kappa shape index (κ2) is 6.49. The minimum absolute atomic E-state index is 0.387. The molecule has 1 aromatic rings. The quantitative estimate of drug-likeness (QED) is 0.905. The highest BCUT2D eigenvalue weighted by atomic mass is 32.2. The van der Waals surface area contributed by atoms with E-state index in [9.17, 15) is 17.2 Å². The Kier molecular flexibility index (Phi) is 4.93. The van der Waals surface area contributed by atoms with Crippen LogP contribution in [0.2, 0.25) is 0 Å². The molecule has 1 fully saturated rings. The van der Waals surface area contributed by atoms with Crippen LogP contribution in [0.25, 0.3) is 0 Å². The van der Waals surface area contributed by atoms with Crippen LogP contribution in [0.4, 0.5) is 8.78 Å². The molecule has 0 atom stereocenters. The van der Waals surface area contributed by atoms with Crippen LogP contribution in [0, 0.1) is 5.92 Å². The van der Waals surface area contributed by atoms with Crippen LogP contribution >= 0.6 is 0 Å². The van der Waals surface area contributed by atoms with Crippen molar-refractivity contribution < 1.29 is 21.9 Å². The monoisotopic (exact) mass is 305 g/mol. The zero-order chi connectivity index (χ0) is 14.6. The SMILES string of the molecule is O=S(=O)(c1ccc(OCC2CCNCC2)cc1)C(F)F. The summed E-state index contributed by atoms with van der Waals surface area (Å²) >= 11 is 0. The van der Waals surface area contributed by atoms with E-state index < -0.39 is 15.6 Å². The van der Waals surface area contributed by atoms with Crippen molar-refractivity contribution in [2.45, 2.75) is 23.5 Å². The molecule has 0 bridgehead atoms. The molecule has 2 rings (SSSR count). The number of ether oxygens (including phenoxy) is 1. The maximum Gasteiger partial charge on any atom is 0.341 e. The lowest BCUT2D eigenvalue weighted by molar-refractivity contribution is 0.215. The van der Waals surface area contributed by atoms with Gasteiger partial charge in [0.15, 0.2) is 0 Å². The first-order chi connectivity index (χ1) is 9.50. The maximum absolute atomic E-state index is 12.4. The molecule has 0 aromatic heterocycles. The molecule has 0 spiro atoms. The molecule has 1 aliphatic rings. The van der Waals surface area contributed by atoms with Crippen LogP contribution in [0.15, 0.2) is 29.2 Å². The second-order valence-corrected chi connectivity index (χ2v) is 6.70. The minimum atomic E-state index is -4.53. The predicted molar refractivity (Wildman–Crippen MR) is 70.7 cm³/mol. The van der Waals surface area contributed by atoms with Gasteiger partial charge in [-0.15, -0.1) is 0 Å². The fourth-order valence-corrected chi connectivity index (χ4v) is 2.81. The molecular weight excluding hydrogens is 288 g/mol. The smallest absolute Gasteiger partial charge is 0.341 e. The van der Waals surface area contributed by atoms with E-state index in [0.29, 0.717) is 18.3 Å². The van der Waals surface area contributed by atoms with Gasteiger partial charge in [-0.3, -0.25) is 0 Å². The molecule has 7 heteroatoms. The highest BCUT2D eigenvalue weighted by Crippen LogP contribution is 2.22. The molecule has 1 aliphatic heterocycles. The predicted octanol–water partition coefficient (Wildman–Crippen LogP) is 2.06. The lowest BCUT2D eigenvalue weighted by atomic mass is 9.99. The number of rotatable bonds is 5. The third-order valence-electron chi connectivity index (χ3n) is 3.33. The summed E-state index contributed by atoms with van der Waals surface area (Å²) in [6, 6.07) is 5.13. The molecular formula is C13H17F2NO3S. The maximum atomic E-state index is 12.4. The fourth-order valence-electron chi connectivity index (χ4n) is 2.09. The van der Waals surface area contributed by atoms with E-state index in [1.807, 2.05) is 0 Å². The number of hydrogen-bond donors (Lipinski definition) is 1. The van der Waals surface area contributed by atoms with Crippen LogP contribution in [-0.2, 0) is 9.84 Å². The molecule has 1 saturated heterocycles. The van der Waals surface area contributed by atoms with Gasteiger partial charge in [0, 0.05) is 0 Å². The minimum Gasteiger partial charge on any atom is -0.493 e. The normalized spacial score (nSPS) is 17.4. The topological polar surface area (TPSA) is 55.4 Å². The van der Waals surface area contributed by atoms with Gasteiger partial charge < -0.3 is 10.1 Å².